The minimum Gasteiger partial charge on any atom is -0.504 e. The normalized spacial score (nSPS) is 18.4. The van der Waals surface area contributed by atoms with Gasteiger partial charge in [0.15, 0.2) is 5.75 Å². The Kier molecular flexibility index (Phi) is 4.26. The highest BCUT2D eigenvalue weighted by Gasteiger charge is 2.54. The SMILES string of the molecule is CN(C)S(=O)(=O)c1c(Cl)ccc(Nc2c(NC3(C4CC4)CC3)c(=O)c2=O)c1O. The summed E-state index contributed by atoms with van der Waals surface area (Å²) in [7, 11) is -1.38. The Morgan fingerprint density at radius 2 is 1.75 bits per heavy atom. The van der Waals surface area contributed by atoms with Gasteiger partial charge in [0.1, 0.15) is 16.3 Å². The zero-order valence-electron chi connectivity index (χ0n) is 15.4. The first-order valence-corrected chi connectivity index (χ1v) is 10.7. The van der Waals surface area contributed by atoms with Gasteiger partial charge in [-0.15, -0.1) is 0 Å². The molecule has 2 aliphatic carbocycles. The Bertz CT molecular complexity index is 1140. The summed E-state index contributed by atoms with van der Waals surface area (Å²) in [6.07, 6.45) is 4.12. The molecular formula is C18H20ClN3O5S. The van der Waals surface area contributed by atoms with E-state index in [4.69, 9.17) is 11.6 Å². The lowest BCUT2D eigenvalue weighted by Crippen LogP contribution is -2.40. The maximum absolute atomic E-state index is 12.5. The quantitative estimate of drug-likeness (QED) is 0.459. The number of benzene rings is 1. The molecule has 4 rings (SSSR count). The summed E-state index contributed by atoms with van der Waals surface area (Å²) in [6.45, 7) is 0. The average Bonchev–Trinajstić information content (AvgIpc) is 3.52. The molecule has 2 aliphatic rings. The third-order valence-electron chi connectivity index (χ3n) is 5.51. The number of phenolic OH excluding ortho intramolecular Hbond substituents is 1. The molecule has 0 spiro atoms. The molecule has 0 aliphatic heterocycles. The largest absolute Gasteiger partial charge is 0.504 e. The molecule has 2 fully saturated rings. The van der Waals surface area contributed by atoms with Crippen molar-refractivity contribution in [2.45, 2.75) is 36.1 Å². The van der Waals surface area contributed by atoms with Crippen LogP contribution >= 0.6 is 11.6 Å². The van der Waals surface area contributed by atoms with Crippen molar-refractivity contribution in [1.29, 1.82) is 0 Å². The number of phenols is 1. The van der Waals surface area contributed by atoms with Crippen molar-refractivity contribution in [3.63, 3.8) is 0 Å². The second kappa shape index (κ2) is 6.20. The third kappa shape index (κ3) is 2.89. The predicted octanol–water partition coefficient (Wildman–Crippen LogP) is 1.99. The number of hydrogen-bond acceptors (Lipinski definition) is 7. The number of sulfonamides is 1. The fraction of sp³-hybridized carbons (Fsp3) is 0.444. The Morgan fingerprint density at radius 3 is 2.29 bits per heavy atom. The van der Waals surface area contributed by atoms with E-state index in [-0.39, 0.29) is 27.6 Å². The maximum atomic E-state index is 12.5. The van der Waals surface area contributed by atoms with Gasteiger partial charge in [-0.05, 0) is 43.7 Å². The third-order valence-corrected chi connectivity index (χ3v) is 7.83. The first kappa shape index (κ1) is 19.2. The van der Waals surface area contributed by atoms with Crippen molar-refractivity contribution in [3.05, 3.63) is 37.6 Å². The Labute approximate surface area is 166 Å². The van der Waals surface area contributed by atoms with E-state index in [2.05, 4.69) is 10.6 Å². The lowest BCUT2D eigenvalue weighted by molar-refractivity contribution is 0.455. The van der Waals surface area contributed by atoms with Crippen LogP contribution in [-0.2, 0) is 10.0 Å². The van der Waals surface area contributed by atoms with Gasteiger partial charge >= 0.3 is 0 Å². The first-order chi connectivity index (χ1) is 13.1. The number of nitrogens with zero attached hydrogens (tertiary/aromatic N) is 1. The van der Waals surface area contributed by atoms with Crippen molar-refractivity contribution in [1.82, 2.24) is 4.31 Å². The average molecular weight is 426 g/mol. The van der Waals surface area contributed by atoms with Gasteiger partial charge in [-0.2, -0.15) is 0 Å². The molecule has 10 heteroatoms. The summed E-state index contributed by atoms with van der Waals surface area (Å²) in [6, 6.07) is 2.67. The van der Waals surface area contributed by atoms with Gasteiger partial charge in [0.2, 0.25) is 10.0 Å². The molecule has 0 atom stereocenters. The first-order valence-electron chi connectivity index (χ1n) is 8.91. The Hall–Kier alpha value is -2.10. The Morgan fingerprint density at radius 1 is 1.14 bits per heavy atom. The van der Waals surface area contributed by atoms with Crippen LogP contribution in [0, 0.1) is 5.92 Å². The van der Waals surface area contributed by atoms with Crippen LogP contribution in [0.2, 0.25) is 5.02 Å². The monoisotopic (exact) mass is 425 g/mol. The molecule has 2 aromatic carbocycles. The van der Waals surface area contributed by atoms with E-state index < -0.39 is 31.5 Å². The van der Waals surface area contributed by atoms with E-state index in [0.717, 1.165) is 30.0 Å². The summed E-state index contributed by atoms with van der Waals surface area (Å²) >= 11 is 5.99. The zero-order chi connectivity index (χ0) is 20.4. The van der Waals surface area contributed by atoms with Crippen molar-refractivity contribution in [2.75, 3.05) is 24.7 Å². The molecular weight excluding hydrogens is 406 g/mol. The van der Waals surface area contributed by atoms with Gasteiger partial charge in [-0.3, -0.25) is 9.59 Å². The fourth-order valence-electron chi connectivity index (χ4n) is 3.50. The summed E-state index contributed by atoms with van der Waals surface area (Å²) < 4.78 is 25.8. The minimum absolute atomic E-state index is 0.0174. The lowest BCUT2D eigenvalue weighted by atomic mass is 10.1. The van der Waals surface area contributed by atoms with Crippen molar-refractivity contribution in [2.24, 2.45) is 5.92 Å². The van der Waals surface area contributed by atoms with Crippen LogP contribution in [0.15, 0.2) is 26.6 Å². The van der Waals surface area contributed by atoms with Crippen LogP contribution in [0.25, 0.3) is 0 Å². The van der Waals surface area contributed by atoms with Crippen molar-refractivity contribution in [3.8, 4) is 5.75 Å². The van der Waals surface area contributed by atoms with E-state index in [0.29, 0.717) is 5.92 Å². The highest BCUT2D eigenvalue weighted by Crippen LogP contribution is 2.55. The second-order valence-corrected chi connectivity index (χ2v) is 10.1. The van der Waals surface area contributed by atoms with Crippen molar-refractivity contribution < 1.29 is 13.5 Å². The molecule has 0 heterocycles. The lowest BCUT2D eigenvalue weighted by Gasteiger charge is -2.22. The highest BCUT2D eigenvalue weighted by atomic mass is 35.5. The van der Waals surface area contributed by atoms with Crippen LogP contribution in [0.1, 0.15) is 25.7 Å². The number of nitrogens with one attached hydrogen (secondary N) is 2. The van der Waals surface area contributed by atoms with Crippen LogP contribution in [-0.4, -0.2) is 37.5 Å². The topological polar surface area (TPSA) is 116 Å². The molecule has 0 radical (unpaired) electrons. The molecule has 2 aromatic rings. The summed E-state index contributed by atoms with van der Waals surface area (Å²) in [4.78, 5) is 23.7. The fourth-order valence-corrected chi connectivity index (χ4v) is 4.97. The molecule has 8 nitrogen and oxygen atoms in total. The second-order valence-electron chi connectivity index (χ2n) is 7.65. The number of anilines is 3. The van der Waals surface area contributed by atoms with E-state index >= 15 is 0 Å². The summed E-state index contributed by atoms with van der Waals surface area (Å²) in [5, 5.41) is 16.3. The Balaban J connectivity index is 1.69. The molecule has 0 unspecified atom stereocenters. The summed E-state index contributed by atoms with van der Waals surface area (Å²) in [5.74, 6) is -0.0888. The van der Waals surface area contributed by atoms with Gasteiger partial charge in [0.05, 0.1) is 10.7 Å². The molecule has 0 bridgehead atoms. The van der Waals surface area contributed by atoms with Crippen LogP contribution in [0.4, 0.5) is 17.1 Å². The molecule has 0 aromatic heterocycles. The molecule has 28 heavy (non-hydrogen) atoms. The minimum atomic E-state index is -4.02. The van der Waals surface area contributed by atoms with E-state index in [1.807, 2.05) is 0 Å². The van der Waals surface area contributed by atoms with E-state index in [1.165, 1.54) is 26.2 Å². The van der Waals surface area contributed by atoms with E-state index in [9.17, 15) is 23.1 Å². The van der Waals surface area contributed by atoms with Crippen molar-refractivity contribution >= 4 is 38.7 Å². The van der Waals surface area contributed by atoms with Gasteiger partial charge in [0.25, 0.3) is 10.9 Å². The van der Waals surface area contributed by atoms with Crippen LogP contribution in [0.5, 0.6) is 5.75 Å². The summed E-state index contributed by atoms with van der Waals surface area (Å²) in [5.41, 5.74) is -1.22. The number of hydrogen-bond donors (Lipinski definition) is 3. The molecule has 0 saturated heterocycles. The number of aromatic hydroxyl groups is 1. The highest BCUT2D eigenvalue weighted by molar-refractivity contribution is 7.89. The standard InChI is InChI=1S/C18H20ClN3O5S/c1-22(2)28(26,27)17-10(19)5-6-11(14(17)23)20-12-13(16(25)15(12)24)21-18(7-8-18)9-3-4-9/h5-6,9,20-21,23H,3-4,7-8H2,1-2H3. The van der Waals surface area contributed by atoms with Crippen LogP contribution < -0.4 is 21.5 Å². The predicted molar refractivity (Wildman–Crippen MR) is 107 cm³/mol. The molecule has 150 valence electrons. The molecule has 2 saturated carbocycles. The van der Waals surface area contributed by atoms with Gasteiger partial charge in [-0.25, -0.2) is 12.7 Å². The van der Waals surface area contributed by atoms with Gasteiger partial charge in [0, 0.05) is 19.6 Å². The molecule has 0 amide bonds. The van der Waals surface area contributed by atoms with Crippen LogP contribution in [0.3, 0.4) is 0 Å². The zero-order valence-corrected chi connectivity index (χ0v) is 16.9. The number of rotatable bonds is 7. The molecule has 3 N–H and O–H groups in total. The van der Waals surface area contributed by atoms with E-state index in [1.54, 1.807) is 0 Å². The van der Waals surface area contributed by atoms with Gasteiger partial charge < -0.3 is 15.7 Å². The smallest absolute Gasteiger partial charge is 0.253 e. The number of halogens is 1. The maximum Gasteiger partial charge on any atom is 0.253 e. The van der Waals surface area contributed by atoms with Gasteiger partial charge in [-0.1, -0.05) is 11.6 Å².